The van der Waals surface area contributed by atoms with Crippen LogP contribution in [0.2, 0.25) is 0 Å². The molecule has 0 unspecified atom stereocenters. The summed E-state index contributed by atoms with van der Waals surface area (Å²) in [5, 5.41) is 0.524. The van der Waals surface area contributed by atoms with Crippen LogP contribution in [0.15, 0.2) is 48.7 Å². The van der Waals surface area contributed by atoms with Gasteiger partial charge in [0.1, 0.15) is 18.0 Å². The summed E-state index contributed by atoms with van der Waals surface area (Å²) in [5.74, 6) is -0.459. The van der Waals surface area contributed by atoms with E-state index in [1.54, 1.807) is 30.3 Å². The summed E-state index contributed by atoms with van der Waals surface area (Å²) in [6.45, 7) is -0.513. The summed E-state index contributed by atoms with van der Waals surface area (Å²) in [6, 6.07) is 11.4. The van der Waals surface area contributed by atoms with E-state index in [0.717, 1.165) is 10.6 Å². The summed E-state index contributed by atoms with van der Waals surface area (Å²) in [6.07, 6.45) is 2.35. The SMILES string of the molecule is COC(=O)c1cn(C(=O)CN(c2ccc(OC)cc2OC)S(C)(=O)=O)c2ccccc12. The minimum atomic E-state index is -3.85. The fourth-order valence-electron chi connectivity index (χ4n) is 3.23. The Morgan fingerprint density at radius 2 is 1.74 bits per heavy atom. The lowest BCUT2D eigenvalue weighted by Gasteiger charge is -2.24. The summed E-state index contributed by atoms with van der Waals surface area (Å²) < 4.78 is 42.5. The predicted octanol–water partition coefficient (Wildman–Crippen LogP) is 2.55. The van der Waals surface area contributed by atoms with E-state index < -0.39 is 28.4 Å². The molecule has 0 atom stereocenters. The van der Waals surface area contributed by atoms with E-state index in [0.29, 0.717) is 16.7 Å². The lowest BCUT2D eigenvalue weighted by molar-refractivity contribution is 0.0603. The Hall–Kier alpha value is -3.53. The maximum Gasteiger partial charge on any atom is 0.340 e. The van der Waals surface area contributed by atoms with Gasteiger partial charge in [0.15, 0.2) is 0 Å². The first kappa shape index (κ1) is 22.2. The lowest BCUT2D eigenvalue weighted by Crippen LogP contribution is -2.37. The number of benzene rings is 2. The van der Waals surface area contributed by atoms with Crippen LogP contribution in [-0.4, -0.2) is 59.0 Å². The van der Waals surface area contributed by atoms with E-state index in [1.165, 1.54) is 44.2 Å². The van der Waals surface area contributed by atoms with E-state index in [4.69, 9.17) is 14.2 Å². The van der Waals surface area contributed by atoms with Crippen LogP contribution in [0.4, 0.5) is 5.69 Å². The number of carbonyl (C=O) groups excluding carboxylic acids is 2. The zero-order chi connectivity index (χ0) is 22.8. The number of hydrogen-bond acceptors (Lipinski definition) is 7. The molecule has 2 aromatic carbocycles. The highest BCUT2D eigenvalue weighted by Gasteiger charge is 2.27. The van der Waals surface area contributed by atoms with Crippen molar-refractivity contribution in [1.82, 2.24) is 4.57 Å². The number of esters is 1. The number of rotatable bonds is 7. The van der Waals surface area contributed by atoms with Crippen molar-refractivity contribution in [3.63, 3.8) is 0 Å². The molecule has 3 rings (SSSR count). The van der Waals surface area contributed by atoms with Gasteiger partial charge in [-0.1, -0.05) is 18.2 Å². The molecule has 0 bridgehead atoms. The maximum absolute atomic E-state index is 13.2. The zero-order valence-electron chi connectivity index (χ0n) is 17.5. The maximum atomic E-state index is 13.2. The monoisotopic (exact) mass is 446 g/mol. The highest BCUT2D eigenvalue weighted by atomic mass is 32.2. The van der Waals surface area contributed by atoms with E-state index in [2.05, 4.69) is 0 Å². The number of anilines is 1. The van der Waals surface area contributed by atoms with Crippen molar-refractivity contribution in [2.45, 2.75) is 0 Å². The molecule has 0 fully saturated rings. The Kier molecular flexibility index (Phi) is 6.21. The Balaban J connectivity index is 2.07. The summed E-state index contributed by atoms with van der Waals surface area (Å²) in [7, 11) is 0.260. The van der Waals surface area contributed by atoms with Gasteiger partial charge in [-0.2, -0.15) is 0 Å². The van der Waals surface area contributed by atoms with E-state index >= 15 is 0 Å². The van der Waals surface area contributed by atoms with Crippen LogP contribution in [0.5, 0.6) is 11.5 Å². The van der Waals surface area contributed by atoms with Gasteiger partial charge >= 0.3 is 5.97 Å². The second-order valence-corrected chi connectivity index (χ2v) is 8.53. The average molecular weight is 446 g/mol. The first-order valence-corrected chi connectivity index (χ1v) is 11.0. The lowest BCUT2D eigenvalue weighted by atomic mass is 10.2. The molecule has 0 spiro atoms. The number of sulfonamides is 1. The van der Waals surface area contributed by atoms with E-state index in [9.17, 15) is 18.0 Å². The van der Waals surface area contributed by atoms with Crippen LogP contribution >= 0.6 is 0 Å². The number of aromatic nitrogens is 1. The van der Waals surface area contributed by atoms with Gasteiger partial charge in [-0.3, -0.25) is 13.7 Å². The number of nitrogens with zero attached hydrogens (tertiary/aromatic N) is 2. The van der Waals surface area contributed by atoms with Gasteiger partial charge in [0.25, 0.3) is 5.91 Å². The van der Waals surface area contributed by atoms with Crippen molar-refractivity contribution in [3.05, 3.63) is 54.2 Å². The molecule has 1 aromatic heterocycles. The number of para-hydroxylation sites is 1. The van der Waals surface area contributed by atoms with Crippen LogP contribution in [0, 0.1) is 0 Å². The molecule has 31 heavy (non-hydrogen) atoms. The Bertz CT molecular complexity index is 1250. The first-order valence-electron chi connectivity index (χ1n) is 9.12. The molecule has 3 aromatic rings. The van der Waals surface area contributed by atoms with Crippen molar-refractivity contribution in [2.24, 2.45) is 0 Å². The molecular formula is C21H22N2O7S. The largest absolute Gasteiger partial charge is 0.497 e. The Morgan fingerprint density at radius 1 is 1.03 bits per heavy atom. The topological polar surface area (TPSA) is 104 Å². The molecule has 9 nitrogen and oxygen atoms in total. The summed E-state index contributed by atoms with van der Waals surface area (Å²) >= 11 is 0. The Morgan fingerprint density at radius 3 is 2.35 bits per heavy atom. The number of hydrogen-bond donors (Lipinski definition) is 0. The molecule has 0 saturated carbocycles. The molecule has 1 heterocycles. The zero-order valence-corrected chi connectivity index (χ0v) is 18.3. The van der Waals surface area contributed by atoms with Gasteiger partial charge in [-0.05, 0) is 18.2 Å². The summed E-state index contributed by atoms with van der Waals surface area (Å²) in [4.78, 5) is 25.3. The third-order valence-corrected chi connectivity index (χ3v) is 5.85. The molecule has 0 aliphatic carbocycles. The predicted molar refractivity (Wildman–Crippen MR) is 116 cm³/mol. The molecule has 10 heteroatoms. The number of carbonyl (C=O) groups is 2. The normalized spacial score (nSPS) is 11.2. The fraction of sp³-hybridized carbons (Fsp3) is 0.238. The van der Waals surface area contributed by atoms with Gasteiger partial charge < -0.3 is 14.2 Å². The minimum Gasteiger partial charge on any atom is -0.497 e. The average Bonchev–Trinajstić information content (AvgIpc) is 3.15. The molecule has 0 aliphatic rings. The van der Waals surface area contributed by atoms with Gasteiger partial charge in [-0.25, -0.2) is 13.2 Å². The van der Waals surface area contributed by atoms with Crippen molar-refractivity contribution in [1.29, 1.82) is 0 Å². The van der Waals surface area contributed by atoms with Crippen molar-refractivity contribution < 1.29 is 32.2 Å². The second-order valence-electron chi connectivity index (χ2n) is 6.62. The smallest absolute Gasteiger partial charge is 0.340 e. The second kappa shape index (κ2) is 8.68. The van der Waals surface area contributed by atoms with E-state index in [1.807, 2.05) is 0 Å². The molecule has 0 amide bonds. The van der Waals surface area contributed by atoms with Crippen LogP contribution in [-0.2, 0) is 14.8 Å². The molecule has 0 N–H and O–H groups in total. The van der Waals surface area contributed by atoms with E-state index in [-0.39, 0.29) is 17.0 Å². The van der Waals surface area contributed by atoms with Crippen LogP contribution in [0.3, 0.4) is 0 Å². The molecule has 164 valence electrons. The third-order valence-electron chi connectivity index (χ3n) is 4.72. The van der Waals surface area contributed by atoms with Gasteiger partial charge in [0, 0.05) is 17.6 Å². The number of methoxy groups -OCH3 is 3. The van der Waals surface area contributed by atoms with Gasteiger partial charge in [-0.15, -0.1) is 0 Å². The molecule has 0 aliphatic heterocycles. The van der Waals surface area contributed by atoms with Gasteiger partial charge in [0.2, 0.25) is 10.0 Å². The van der Waals surface area contributed by atoms with Crippen molar-refractivity contribution >= 4 is 38.5 Å². The van der Waals surface area contributed by atoms with Crippen LogP contribution in [0.25, 0.3) is 10.9 Å². The summed E-state index contributed by atoms with van der Waals surface area (Å²) in [5.41, 5.74) is 0.853. The van der Waals surface area contributed by atoms with Crippen LogP contribution in [0.1, 0.15) is 15.2 Å². The third kappa shape index (κ3) is 4.33. The van der Waals surface area contributed by atoms with Gasteiger partial charge in [0.05, 0.1) is 44.4 Å². The van der Waals surface area contributed by atoms with Crippen LogP contribution < -0.4 is 13.8 Å². The highest BCUT2D eigenvalue weighted by molar-refractivity contribution is 7.92. The minimum absolute atomic E-state index is 0.184. The van der Waals surface area contributed by atoms with Crippen molar-refractivity contribution in [2.75, 3.05) is 38.4 Å². The Labute approximate surface area is 179 Å². The fourth-order valence-corrected chi connectivity index (χ4v) is 4.08. The molecule has 0 saturated heterocycles. The number of fused-ring (bicyclic) bond motifs is 1. The first-order chi connectivity index (χ1) is 14.7. The standard InChI is InChI=1S/C21H22N2O7S/c1-28-14-9-10-18(19(11-14)29-2)23(31(4,26)27)13-20(24)22-12-16(21(25)30-3)15-7-5-6-8-17(15)22/h5-12H,13H2,1-4H3. The molecule has 0 radical (unpaired) electrons. The van der Waals surface area contributed by atoms with Crippen molar-refractivity contribution in [3.8, 4) is 11.5 Å². The highest BCUT2D eigenvalue weighted by Crippen LogP contribution is 2.33. The quantitative estimate of drug-likeness (QED) is 0.514. The molecular weight excluding hydrogens is 424 g/mol. The number of ether oxygens (including phenoxy) is 3.